The molecule has 0 radical (unpaired) electrons. The first-order valence-electron chi connectivity index (χ1n) is 5.52. The van der Waals surface area contributed by atoms with E-state index >= 15 is 0 Å². The van der Waals surface area contributed by atoms with Gasteiger partial charge in [0.1, 0.15) is 21.6 Å². The van der Waals surface area contributed by atoms with Crippen molar-refractivity contribution in [3.05, 3.63) is 44.1 Å². The van der Waals surface area contributed by atoms with Gasteiger partial charge in [-0.15, -0.1) is 11.3 Å². The van der Waals surface area contributed by atoms with E-state index < -0.39 is 17.3 Å². The first-order valence-corrected chi connectivity index (χ1v) is 7.53. The number of carbonyl (C=O) groups is 1. The van der Waals surface area contributed by atoms with E-state index in [-0.39, 0.29) is 20.9 Å². The van der Waals surface area contributed by atoms with Crippen molar-refractivity contribution in [1.29, 1.82) is 0 Å². The Bertz CT molecular complexity index is 752. The quantitative estimate of drug-likeness (QED) is 0.359. The fourth-order valence-corrected chi connectivity index (χ4v) is 2.80. The van der Waals surface area contributed by atoms with Crippen molar-refractivity contribution in [3.63, 3.8) is 0 Å². The minimum absolute atomic E-state index is 0.0138. The highest BCUT2D eigenvalue weighted by Crippen LogP contribution is 2.32. The molecule has 0 saturated carbocycles. The van der Waals surface area contributed by atoms with Crippen LogP contribution in [0, 0.1) is 0 Å². The number of aliphatic hydroxyl groups excluding tert-OH is 1. The number of aliphatic imine (C=N–C) groups is 1. The maximum absolute atomic E-state index is 11.3. The zero-order chi connectivity index (χ0) is 16.3. The first-order chi connectivity index (χ1) is 10.4. The molecule has 2 aromatic heterocycles. The van der Waals surface area contributed by atoms with Gasteiger partial charge in [-0.2, -0.15) is 0 Å². The molecule has 114 valence electrons. The summed E-state index contributed by atoms with van der Waals surface area (Å²) in [5, 5.41) is 21.1. The van der Waals surface area contributed by atoms with Crippen LogP contribution in [0.1, 0.15) is 5.56 Å². The third-order valence-corrected chi connectivity index (χ3v) is 3.79. The lowest BCUT2D eigenvalue weighted by Crippen LogP contribution is -2.06. The van der Waals surface area contributed by atoms with E-state index in [1.165, 1.54) is 23.6 Å². The monoisotopic (exact) mass is 377 g/mol. The van der Waals surface area contributed by atoms with Crippen molar-refractivity contribution >= 4 is 69.2 Å². The van der Waals surface area contributed by atoms with Crippen LogP contribution < -0.4 is 0 Å². The molecule has 0 aliphatic rings. The third kappa shape index (κ3) is 3.75. The summed E-state index contributed by atoms with van der Waals surface area (Å²) in [6.07, 6.45) is 2.47. The Kier molecular flexibility index (Phi) is 5.36. The van der Waals surface area contributed by atoms with Crippen LogP contribution in [0.2, 0.25) is 15.3 Å². The summed E-state index contributed by atoms with van der Waals surface area (Å²) in [5.41, 5.74) is -0.654. The molecular formula is C12H6Cl3N3O3S. The van der Waals surface area contributed by atoms with Crippen molar-refractivity contribution in [2.75, 3.05) is 0 Å². The van der Waals surface area contributed by atoms with E-state index in [4.69, 9.17) is 34.8 Å². The number of halogens is 3. The van der Waals surface area contributed by atoms with Crippen LogP contribution in [-0.4, -0.2) is 32.4 Å². The molecule has 6 nitrogen and oxygen atoms in total. The number of rotatable bonds is 4. The molecule has 0 unspecified atom stereocenters. The van der Waals surface area contributed by atoms with Gasteiger partial charge in [-0.3, -0.25) is 0 Å². The zero-order valence-corrected chi connectivity index (χ0v) is 13.6. The summed E-state index contributed by atoms with van der Waals surface area (Å²) in [5.74, 6) is -2.09. The number of hydrogen-bond donors (Lipinski definition) is 2. The highest BCUT2D eigenvalue weighted by atomic mass is 35.5. The lowest BCUT2D eigenvalue weighted by molar-refractivity contribution is -0.132. The lowest BCUT2D eigenvalue weighted by Gasteiger charge is -2.07. The van der Waals surface area contributed by atoms with Gasteiger partial charge in [0, 0.05) is 17.8 Å². The smallest absolute Gasteiger partial charge is 0.341 e. The fourth-order valence-electron chi connectivity index (χ4n) is 1.42. The predicted octanol–water partition coefficient (Wildman–Crippen LogP) is 4.25. The summed E-state index contributed by atoms with van der Waals surface area (Å²) in [4.78, 5) is 22.7. The van der Waals surface area contributed by atoms with E-state index in [9.17, 15) is 15.0 Å². The normalized spacial score (nSPS) is 12.5. The van der Waals surface area contributed by atoms with E-state index in [1.54, 1.807) is 5.38 Å². The Labute approximate surface area is 143 Å². The molecule has 2 rings (SSSR count). The topological polar surface area (TPSA) is 95.7 Å². The number of carboxylic acid groups (broad SMARTS) is 1. The number of carboxylic acids is 1. The van der Waals surface area contributed by atoms with E-state index in [2.05, 4.69) is 15.0 Å². The summed E-state index contributed by atoms with van der Waals surface area (Å²) < 4.78 is 0. The largest absolute Gasteiger partial charge is 0.506 e. The number of hydrogen-bond acceptors (Lipinski definition) is 6. The molecular weight excluding hydrogens is 373 g/mol. The van der Waals surface area contributed by atoms with Crippen LogP contribution in [0.25, 0.3) is 5.76 Å². The minimum Gasteiger partial charge on any atom is -0.506 e. The summed E-state index contributed by atoms with van der Waals surface area (Å²) in [7, 11) is 0. The van der Waals surface area contributed by atoms with Gasteiger partial charge < -0.3 is 10.2 Å². The van der Waals surface area contributed by atoms with Crippen LogP contribution in [0.5, 0.6) is 0 Å². The highest BCUT2D eigenvalue weighted by molar-refractivity contribution is 7.13. The Morgan fingerprint density at radius 2 is 2.05 bits per heavy atom. The third-order valence-electron chi connectivity index (χ3n) is 2.34. The maximum atomic E-state index is 11.3. The number of pyridine rings is 1. The SMILES string of the molecule is O=C(O)C(/C=N/c1nccs1)=C(\O)c1c(Cl)cc(Cl)nc1Cl. The van der Waals surface area contributed by atoms with E-state index in [0.717, 1.165) is 6.21 Å². The van der Waals surface area contributed by atoms with Gasteiger partial charge in [0.2, 0.25) is 5.13 Å². The van der Waals surface area contributed by atoms with Crippen LogP contribution in [-0.2, 0) is 4.79 Å². The zero-order valence-electron chi connectivity index (χ0n) is 10.5. The summed E-state index contributed by atoms with van der Waals surface area (Å²) in [6, 6.07) is 1.23. The molecule has 10 heteroatoms. The van der Waals surface area contributed by atoms with E-state index in [1.807, 2.05) is 0 Å². The molecule has 2 heterocycles. The molecule has 0 spiro atoms. The molecule has 0 atom stereocenters. The molecule has 2 aromatic rings. The van der Waals surface area contributed by atoms with Crippen molar-refractivity contribution in [2.24, 2.45) is 4.99 Å². The van der Waals surface area contributed by atoms with Gasteiger partial charge in [0.25, 0.3) is 0 Å². The van der Waals surface area contributed by atoms with Crippen molar-refractivity contribution in [1.82, 2.24) is 9.97 Å². The number of aliphatic carboxylic acids is 1. The first kappa shape index (κ1) is 16.7. The second-order valence-corrected chi connectivity index (χ2v) is 5.76. The second kappa shape index (κ2) is 7.06. The molecule has 2 N–H and O–H groups in total. The average molecular weight is 379 g/mol. The Morgan fingerprint density at radius 3 is 2.59 bits per heavy atom. The number of nitrogens with zero attached hydrogens (tertiary/aromatic N) is 3. The number of thiazole rings is 1. The number of aromatic nitrogens is 2. The maximum Gasteiger partial charge on any atom is 0.341 e. The van der Waals surface area contributed by atoms with Gasteiger partial charge in [-0.1, -0.05) is 34.8 Å². The molecule has 0 aliphatic heterocycles. The lowest BCUT2D eigenvalue weighted by atomic mass is 10.1. The Balaban J connectivity index is 2.54. The van der Waals surface area contributed by atoms with Gasteiger partial charge >= 0.3 is 5.97 Å². The minimum atomic E-state index is -1.42. The van der Waals surface area contributed by atoms with Crippen molar-refractivity contribution in [3.8, 4) is 0 Å². The Hall–Kier alpha value is -1.67. The second-order valence-electron chi connectivity index (χ2n) is 3.73. The molecule has 0 bridgehead atoms. The highest BCUT2D eigenvalue weighted by Gasteiger charge is 2.20. The molecule has 0 fully saturated rings. The van der Waals surface area contributed by atoms with Crippen molar-refractivity contribution < 1.29 is 15.0 Å². The van der Waals surface area contributed by atoms with Gasteiger partial charge in [0.05, 0.1) is 10.6 Å². The van der Waals surface area contributed by atoms with Crippen LogP contribution in [0.3, 0.4) is 0 Å². The molecule has 0 saturated heterocycles. The van der Waals surface area contributed by atoms with Crippen LogP contribution in [0.15, 0.2) is 28.2 Å². The number of aliphatic hydroxyl groups is 1. The standard InChI is InChI=1S/C12H6Cl3N3O3S/c13-6-3-7(14)18-10(15)8(6)9(19)5(11(20)21)4-17-12-16-1-2-22-12/h1-4,19H,(H,20,21)/b9-5-,17-4+. The molecule has 22 heavy (non-hydrogen) atoms. The van der Waals surface area contributed by atoms with Crippen molar-refractivity contribution in [2.45, 2.75) is 0 Å². The Morgan fingerprint density at radius 1 is 1.32 bits per heavy atom. The average Bonchev–Trinajstić information content (AvgIpc) is 2.90. The molecule has 0 amide bonds. The summed E-state index contributed by atoms with van der Waals surface area (Å²) in [6.45, 7) is 0. The van der Waals surface area contributed by atoms with Gasteiger partial charge in [-0.25, -0.2) is 19.8 Å². The molecule has 0 aromatic carbocycles. The summed E-state index contributed by atoms with van der Waals surface area (Å²) >= 11 is 18.7. The van der Waals surface area contributed by atoms with E-state index in [0.29, 0.717) is 5.13 Å². The van der Waals surface area contributed by atoms with Gasteiger partial charge in [-0.05, 0) is 6.07 Å². The van der Waals surface area contributed by atoms with Crippen LogP contribution in [0.4, 0.5) is 5.13 Å². The van der Waals surface area contributed by atoms with Crippen LogP contribution >= 0.6 is 46.1 Å². The van der Waals surface area contributed by atoms with Gasteiger partial charge in [0.15, 0.2) is 0 Å². The molecule has 0 aliphatic carbocycles. The fraction of sp³-hybridized carbons (Fsp3) is 0. The predicted molar refractivity (Wildman–Crippen MR) is 86.7 cm³/mol.